The molecule has 0 saturated heterocycles. The third-order valence-corrected chi connectivity index (χ3v) is 11.2. The van der Waals surface area contributed by atoms with Crippen LogP contribution in [-0.2, 0) is 10.8 Å². The smallest absolute Gasteiger partial charge is 0.136 e. The minimum absolute atomic E-state index is 0.0418. The summed E-state index contributed by atoms with van der Waals surface area (Å²) >= 11 is 0. The van der Waals surface area contributed by atoms with Gasteiger partial charge in [-0.1, -0.05) is 113 Å². The van der Waals surface area contributed by atoms with Gasteiger partial charge in [-0.05, 0) is 110 Å². The second-order valence-electron chi connectivity index (χ2n) is 14.6. The Morgan fingerprint density at radius 3 is 1.56 bits per heavy atom. The van der Waals surface area contributed by atoms with Crippen molar-refractivity contribution in [3.63, 3.8) is 0 Å². The van der Waals surface area contributed by atoms with Gasteiger partial charge in [0.05, 0.1) is 0 Å². The molecule has 0 bridgehead atoms. The largest absolute Gasteiger partial charge is 0.456 e. The van der Waals surface area contributed by atoms with E-state index in [1.54, 1.807) is 0 Å². The summed E-state index contributed by atoms with van der Waals surface area (Å²) in [6, 6.07) is 51.6. The molecule has 0 spiro atoms. The Morgan fingerprint density at radius 2 is 0.917 bits per heavy atom. The van der Waals surface area contributed by atoms with Crippen LogP contribution in [0.2, 0.25) is 0 Å². The molecule has 2 aliphatic carbocycles. The van der Waals surface area contributed by atoms with E-state index in [9.17, 15) is 0 Å². The second-order valence-corrected chi connectivity index (χ2v) is 14.6. The molecule has 48 heavy (non-hydrogen) atoms. The number of furan rings is 1. The molecular weight excluding hydrogens is 583 g/mol. The topological polar surface area (TPSA) is 16.4 Å². The Labute approximate surface area is 280 Å². The fourth-order valence-electron chi connectivity index (χ4n) is 8.74. The van der Waals surface area contributed by atoms with E-state index in [0.717, 1.165) is 39.0 Å². The van der Waals surface area contributed by atoms with Crippen molar-refractivity contribution in [1.82, 2.24) is 0 Å². The Balaban J connectivity index is 1.21. The molecule has 0 saturated carbocycles. The summed E-state index contributed by atoms with van der Waals surface area (Å²) < 4.78 is 6.24. The first kappa shape index (κ1) is 27.5. The highest BCUT2D eigenvalue weighted by molar-refractivity contribution is 6.10. The van der Waals surface area contributed by atoms with Gasteiger partial charge < -0.3 is 9.32 Å². The van der Waals surface area contributed by atoms with Crippen molar-refractivity contribution in [3.05, 3.63) is 162 Å². The first-order chi connectivity index (χ1) is 23.3. The van der Waals surface area contributed by atoms with E-state index in [0.29, 0.717) is 0 Å². The summed E-state index contributed by atoms with van der Waals surface area (Å²) in [5.41, 5.74) is 16.0. The van der Waals surface area contributed by atoms with E-state index in [4.69, 9.17) is 4.42 Å². The molecule has 0 amide bonds. The lowest BCUT2D eigenvalue weighted by molar-refractivity contribution is 0.660. The Bertz CT molecular complexity index is 2530. The first-order valence-electron chi connectivity index (χ1n) is 16.9. The molecule has 2 heteroatoms. The second kappa shape index (κ2) is 9.49. The minimum Gasteiger partial charge on any atom is -0.456 e. The molecule has 1 heterocycles. The molecule has 2 nitrogen and oxygen atoms in total. The van der Waals surface area contributed by atoms with Crippen molar-refractivity contribution in [3.8, 4) is 22.3 Å². The normalized spacial score (nSPS) is 15.0. The molecule has 0 unspecified atom stereocenters. The Morgan fingerprint density at radius 1 is 0.396 bits per heavy atom. The van der Waals surface area contributed by atoms with Gasteiger partial charge >= 0.3 is 0 Å². The lowest BCUT2D eigenvalue weighted by atomic mass is 9.82. The highest BCUT2D eigenvalue weighted by atomic mass is 16.3. The monoisotopic (exact) mass is 617 g/mol. The highest BCUT2D eigenvalue weighted by Gasteiger charge is 2.37. The first-order valence-corrected chi connectivity index (χ1v) is 16.9. The molecule has 10 rings (SSSR count). The number of rotatable bonds is 3. The van der Waals surface area contributed by atoms with E-state index in [2.05, 4.69) is 160 Å². The number of nitrogens with zero attached hydrogens (tertiary/aromatic N) is 1. The van der Waals surface area contributed by atoms with Crippen LogP contribution in [0.1, 0.15) is 49.9 Å². The quantitative estimate of drug-likeness (QED) is 0.196. The summed E-state index contributed by atoms with van der Waals surface area (Å²) in [5.74, 6) is 0. The van der Waals surface area contributed by atoms with E-state index >= 15 is 0 Å². The molecule has 0 aliphatic heterocycles. The molecule has 230 valence electrons. The fourth-order valence-corrected chi connectivity index (χ4v) is 8.74. The molecule has 0 radical (unpaired) electrons. The standard InChI is InChI=1S/C46H35NO/c1-45(2)39-14-8-5-11-33(39)36-26-31(19-21-41(36)45)47(32-20-22-42-37(27-32)34-12-6-9-15-40(34)46(42,3)4)30-18-17-28-25-44-38(24-29(28)23-30)35-13-7-10-16-43(35)48-44/h5-27H,1-4H3. The van der Waals surface area contributed by atoms with Crippen molar-refractivity contribution in [2.24, 2.45) is 0 Å². The van der Waals surface area contributed by atoms with Gasteiger partial charge in [-0.25, -0.2) is 0 Å². The van der Waals surface area contributed by atoms with Crippen LogP contribution in [0.5, 0.6) is 0 Å². The molecule has 1 aromatic heterocycles. The van der Waals surface area contributed by atoms with Gasteiger partial charge in [0.25, 0.3) is 0 Å². The van der Waals surface area contributed by atoms with Crippen molar-refractivity contribution in [1.29, 1.82) is 0 Å². The Kier molecular flexibility index (Phi) is 5.44. The van der Waals surface area contributed by atoms with Crippen LogP contribution in [0, 0.1) is 0 Å². The number of benzene rings is 7. The SMILES string of the molecule is CC1(C)c2ccccc2-c2cc(N(c3ccc4c(c3)-c3ccccc3C4(C)C)c3ccc4cc5oc6ccccc6c5cc4c3)ccc21. The summed E-state index contributed by atoms with van der Waals surface area (Å²) in [6.07, 6.45) is 0. The van der Waals surface area contributed by atoms with Crippen molar-refractivity contribution in [2.45, 2.75) is 38.5 Å². The number of para-hydroxylation sites is 1. The predicted octanol–water partition coefficient (Wildman–Crippen LogP) is 12.8. The van der Waals surface area contributed by atoms with Crippen molar-refractivity contribution in [2.75, 3.05) is 4.90 Å². The van der Waals surface area contributed by atoms with Crippen LogP contribution in [0.4, 0.5) is 17.1 Å². The highest BCUT2D eigenvalue weighted by Crippen LogP contribution is 2.53. The maximum absolute atomic E-state index is 6.24. The van der Waals surface area contributed by atoms with Gasteiger partial charge in [-0.2, -0.15) is 0 Å². The summed E-state index contributed by atoms with van der Waals surface area (Å²) in [6.45, 7) is 9.38. The summed E-state index contributed by atoms with van der Waals surface area (Å²) in [5, 5.41) is 4.65. The molecule has 7 aromatic carbocycles. The van der Waals surface area contributed by atoms with E-state index < -0.39 is 0 Å². The fraction of sp³-hybridized carbons (Fsp3) is 0.130. The van der Waals surface area contributed by atoms with Gasteiger partial charge in [0.1, 0.15) is 11.2 Å². The average Bonchev–Trinajstić information content (AvgIpc) is 3.66. The molecule has 0 N–H and O–H groups in total. The third-order valence-electron chi connectivity index (χ3n) is 11.2. The van der Waals surface area contributed by atoms with Crippen LogP contribution in [-0.4, -0.2) is 0 Å². The van der Waals surface area contributed by atoms with E-state index in [1.807, 2.05) is 12.1 Å². The lowest BCUT2D eigenvalue weighted by Gasteiger charge is -2.28. The van der Waals surface area contributed by atoms with Gasteiger partial charge in [-0.15, -0.1) is 0 Å². The van der Waals surface area contributed by atoms with Crippen molar-refractivity contribution < 1.29 is 4.42 Å². The van der Waals surface area contributed by atoms with Crippen LogP contribution >= 0.6 is 0 Å². The number of fused-ring (bicyclic) bond motifs is 10. The molecule has 2 aliphatic rings. The zero-order valence-electron chi connectivity index (χ0n) is 27.6. The number of hydrogen-bond donors (Lipinski definition) is 0. The minimum atomic E-state index is -0.0418. The van der Waals surface area contributed by atoms with Gasteiger partial charge in [0, 0.05) is 38.7 Å². The van der Waals surface area contributed by atoms with Crippen LogP contribution in [0.3, 0.4) is 0 Å². The van der Waals surface area contributed by atoms with Crippen LogP contribution in [0.25, 0.3) is 55.0 Å². The van der Waals surface area contributed by atoms with Gasteiger partial charge in [0.15, 0.2) is 0 Å². The molecule has 8 aromatic rings. The molecular formula is C46H35NO. The van der Waals surface area contributed by atoms with Crippen LogP contribution in [0.15, 0.2) is 144 Å². The van der Waals surface area contributed by atoms with E-state index in [-0.39, 0.29) is 10.8 Å². The summed E-state index contributed by atoms with van der Waals surface area (Å²) in [4.78, 5) is 2.44. The van der Waals surface area contributed by atoms with Gasteiger partial charge in [0.2, 0.25) is 0 Å². The summed E-state index contributed by atoms with van der Waals surface area (Å²) in [7, 11) is 0. The van der Waals surface area contributed by atoms with Gasteiger partial charge in [-0.3, -0.25) is 0 Å². The molecule has 0 fully saturated rings. The van der Waals surface area contributed by atoms with Crippen LogP contribution < -0.4 is 4.90 Å². The van der Waals surface area contributed by atoms with Crippen molar-refractivity contribution >= 4 is 49.8 Å². The average molecular weight is 618 g/mol. The molecule has 0 atom stereocenters. The zero-order valence-corrected chi connectivity index (χ0v) is 27.6. The predicted molar refractivity (Wildman–Crippen MR) is 201 cm³/mol. The van der Waals surface area contributed by atoms with E-state index in [1.165, 1.54) is 55.3 Å². The number of hydrogen-bond acceptors (Lipinski definition) is 2. The Hall–Kier alpha value is -5.60. The third kappa shape index (κ3) is 3.69. The number of anilines is 3. The lowest BCUT2D eigenvalue weighted by Crippen LogP contribution is -2.16. The maximum Gasteiger partial charge on any atom is 0.136 e. The maximum atomic E-state index is 6.24. The zero-order chi connectivity index (χ0) is 32.4.